The van der Waals surface area contributed by atoms with Crippen molar-refractivity contribution in [3.8, 4) is 0 Å². The Labute approximate surface area is 87.7 Å². The Kier molecular flexibility index (Phi) is 4.81. The summed E-state index contributed by atoms with van der Waals surface area (Å²) >= 11 is 0. The molecule has 1 rings (SSSR count). The number of Topliss-reactive ketones (excluding diaryl/α,β-unsaturated/α-hetero) is 1. The van der Waals surface area contributed by atoms with Crippen LogP contribution in [0.25, 0.3) is 0 Å². The van der Waals surface area contributed by atoms with Gasteiger partial charge in [0.15, 0.2) is 5.78 Å². The molecule has 1 amide bonds. The van der Waals surface area contributed by atoms with E-state index < -0.39 is 5.54 Å². The first-order chi connectivity index (χ1) is 6.48. The monoisotopic (exact) mass is 201 g/mol. The molecule has 0 aromatic heterocycles. The fourth-order valence-electron chi connectivity index (χ4n) is 1.07. The number of carbonyl (C=O) groups excluding carboxylic acids is 2. The molecular weight excluding hydrogens is 178 g/mol. The molecular formula is C11H23NO2. The molecule has 1 N–H and O–H groups in total. The molecule has 0 atom stereocenters. The molecule has 3 heteroatoms. The second-order valence-corrected chi connectivity index (χ2v) is 3.78. The summed E-state index contributed by atoms with van der Waals surface area (Å²) in [6.45, 7) is 9.19. The van der Waals surface area contributed by atoms with Crippen molar-refractivity contribution in [3.63, 3.8) is 0 Å². The van der Waals surface area contributed by atoms with Crippen molar-refractivity contribution in [3.05, 3.63) is 0 Å². The molecule has 0 heterocycles. The molecule has 84 valence electrons. The Morgan fingerprint density at radius 1 is 1.29 bits per heavy atom. The predicted octanol–water partition coefficient (Wildman–Crippen LogP) is 2.15. The van der Waals surface area contributed by atoms with Gasteiger partial charge in [-0.2, -0.15) is 0 Å². The average molecular weight is 201 g/mol. The summed E-state index contributed by atoms with van der Waals surface area (Å²) in [7, 11) is 0. The molecule has 0 aliphatic heterocycles. The molecule has 0 aromatic rings. The van der Waals surface area contributed by atoms with Gasteiger partial charge in [-0.25, -0.2) is 0 Å². The largest absolute Gasteiger partial charge is 0.343 e. The van der Waals surface area contributed by atoms with Crippen molar-refractivity contribution in [2.45, 2.75) is 53.0 Å². The predicted molar refractivity (Wildman–Crippen MR) is 59.1 cm³/mol. The quantitative estimate of drug-likeness (QED) is 0.760. The number of rotatable bonds is 3. The minimum absolute atomic E-state index is 0. The van der Waals surface area contributed by atoms with Crippen molar-refractivity contribution in [2.75, 3.05) is 0 Å². The number of carbonyl (C=O) groups is 2. The molecule has 3 nitrogen and oxygen atoms in total. The Balaban J connectivity index is 0. The first-order valence-electron chi connectivity index (χ1n) is 5.31. The smallest absolute Gasteiger partial charge is 0.223 e. The molecule has 14 heavy (non-hydrogen) atoms. The standard InChI is InChI=1S/C9H15NO2.C2H6.H2/c1-6(2)8(12)10-9(4-5-9)7(3)11;1-2;/h6H,4-5H2,1-3H3,(H,10,12);1-2H3;1H. The van der Waals surface area contributed by atoms with E-state index in [2.05, 4.69) is 5.32 Å². The van der Waals surface area contributed by atoms with Gasteiger partial charge in [-0.3, -0.25) is 9.59 Å². The molecule has 1 aliphatic carbocycles. The van der Waals surface area contributed by atoms with Gasteiger partial charge in [-0.15, -0.1) is 0 Å². The number of ketones is 1. The maximum absolute atomic E-state index is 11.2. The number of nitrogens with one attached hydrogen (secondary N) is 1. The van der Waals surface area contributed by atoms with E-state index >= 15 is 0 Å². The van der Waals surface area contributed by atoms with Gasteiger partial charge in [0.1, 0.15) is 0 Å². The fourth-order valence-corrected chi connectivity index (χ4v) is 1.07. The van der Waals surface area contributed by atoms with Crippen LogP contribution in [0, 0.1) is 5.92 Å². The third-order valence-electron chi connectivity index (χ3n) is 2.31. The Morgan fingerprint density at radius 3 is 1.93 bits per heavy atom. The third kappa shape index (κ3) is 3.13. The van der Waals surface area contributed by atoms with E-state index in [9.17, 15) is 9.59 Å². The lowest BCUT2D eigenvalue weighted by Gasteiger charge is -2.15. The Hall–Kier alpha value is -0.860. The van der Waals surface area contributed by atoms with E-state index in [4.69, 9.17) is 0 Å². The number of hydrogen-bond donors (Lipinski definition) is 1. The molecule has 0 radical (unpaired) electrons. The van der Waals surface area contributed by atoms with Crippen LogP contribution in [0.1, 0.15) is 48.9 Å². The minimum Gasteiger partial charge on any atom is -0.343 e. The highest BCUT2D eigenvalue weighted by Gasteiger charge is 2.48. The minimum atomic E-state index is -0.485. The second-order valence-electron chi connectivity index (χ2n) is 3.78. The summed E-state index contributed by atoms with van der Waals surface area (Å²) in [5.41, 5.74) is -0.485. The number of hydrogen-bond acceptors (Lipinski definition) is 2. The van der Waals surface area contributed by atoms with Gasteiger partial charge in [-0.1, -0.05) is 27.7 Å². The van der Waals surface area contributed by atoms with Crippen molar-refractivity contribution < 1.29 is 11.0 Å². The van der Waals surface area contributed by atoms with Crippen molar-refractivity contribution >= 4 is 11.7 Å². The maximum Gasteiger partial charge on any atom is 0.223 e. The highest BCUT2D eigenvalue weighted by atomic mass is 16.2. The van der Waals surface area contributed by atoms with E-state index in [-0.39, 0.29) is 19.0 Å². The molecule has 1 saturated carbocycles. The van der Waals surface area contributed by atoms with E-state index in [0.29, 0.717) is 0 Å². The number of amides is 1. The topological polar surface area (TPSA) is 46.2 Å². The van der Waals surface area contributed by atoms with E-state index in [1.807, 2.05) is 27.7 Å². The average Bonchev–Trinajstić information content (AvgIpc) is 2.89. The summed E-state index contributed by atoms with van der Waals surface area (Å²) in [6, 6.07) is 0. The highest BCUT2D eigenvalue weighted by molar-refractivity contribution is 5.94. The van der Waals surface area contributed by atoms with Gasteiger partial charge in [0.05, 0.1) is 5.54 Å². The molecule has 1 aliphatic rings. The molecule has 0 saturated heterocycles. The van der Waals surface area contributed by atoms with Gasteiger partial charge in [0.25, 0.3) is 0 Å². The lowest BCUT2D eigenvalue weighted by molar-refractivity contribution is -0.129. The highest BCUT2D eigenvalue weighted by Crippen LogP contribution is 2.36. The van der Waals surface area contributed by atoms with Gasteiger partial charge in [-0.05, 0) is 19.8 Å². The van der Waals surface area contributed by atoms with Crippen LogP contribution < -0.4 is 5.32 Å². The van der Waals surface area contributed by atoms with Crippen molar-refractivity contribution in [1.82, 2.24) is 5.32 Å². The van der Waals surface area contributed by atoms with Crippen LogP contribution in [0.2, 0.25) is 0 Å². The van der Waals surface area contributed by atoms with Crippen LogP contribution in [0.15, 0.2) is 0 Å². The molecule has 0 unspecified atom stereocenters. The van der Waals surface area contributed by atoms with Crippen LogP contribution in [-0.4, -0.2) is 17.2 Å². The van der Waals surface area contributed by atoms with Crippen molar-refractivity contribution in [1.29, 1.82) is 0 Å². The van der Waals surface area contributed by atoms with Gasteiger partial charge >= 0.3 is 0 Å². The molecule has 0 bridgehead atoms. The molecule has 0 spiro atoms. The van der Waals surface area contributed by atoms with Gasteiger partial charge in [0.2, 0.25) is 5.91 Å². The summed E-state index contributed by atoms with van der Waals surface area (Å²) in [5.74, 6) is 0.0148. The van der Waals surface area contributed by atoms with Gasteiger partial charge in [0, 0.05) is 7.34 Å². The van der Waals surface area contributed by atoms with Crippen LogP contribution in [-0.2, 0) is 9.59 Å². The molecule has 0 aromatic carbocycles. The van der Waals surface area contributed by atoms with Crippen LogP contribution in [0.5, 0.6) is 0 Å². The summed E-state index contributed by atoms with van der Waals surface area (Å²) < 4.78 is 0. The second kappa shape index (κ2) is 5.13. The van der Waals surface area contributed by atoms with E-state index in [0.717, 1.165) is 12.8 Å². The lowest BCUT2D eigenvalue weighted by Crippen LogP contribution is -2.43. The Bertz CT molecular complexity index is 223. The first kappa shape index (κ1) is 13.1. The van der Waals surface area contributed by atoms with Crippen molar-refractivity contribution in [2.24, 2.45) is 5.92 Å². The van der Waals surface area contributed by atoms with Gasteiger partial charge < -0.3 is 5.32 Å². The summed E-state index contributed by atoms with van der Waals surface area (Å²) in [6.07, 6.45) is 1.61. The van der Waals surface area contributed by atoms with Crippen LogP contribution in [0.3, 0.4) is 0 Å². The zero-order valence-corrected chi connectivity index (χ0v) is 9.81. The first-order valence-corrected chi connectivity index (χ1v) is 5.31. The third-order valence-corrected chi connectivity index (χ3v) is 2.31. The maximum atomic E-state index is 11.2. The fraction of sp³-hybridized carbons (Fsp3) is 0.818. The van der Waals surface area contributed by atoms with Crippen LogP contribution >= 0.6 is 0 Å². The lowest BCUT2D eigenvalue weighted by atomic mass is 10.1. The zero-order chi connectivity index (χ0) is 11.4. The summed E-state index contributed by atoms with van der Waals surface area (Å²) in [5, 5.41) is 2.78. The SMILES string of the molecule is CC.CC(=O)C1(NC(=O)C(C)C)CC1.[HH]. The normalized spacial score (nSPS) is 16.7. The van der Waals surface area contributed by atoms with E-state index in [1.165, 1.54) is 6.92 Å². The summed E-state index contributed by atoms with van der Waals surface area (Å²) in [4.78, 5) is 22.3. The molecule has 1 fully saturated rings. The van der Waals surface area contributed by atoms with Crippen LogP contribution in [0.4, 0.5) is 0 Å². The van der Waals surface area contributed by atoms with E-state index in [1.54, 1.807) is 0 Å². The zero-order valence-electron chi connectivity index (χ0n) is 9.81. The Morgan fingerprint density at radius 2 is 1.71 bits per heavy atom.